The lowest BCUT2D eigenvalue weighted by molar-refractivity contribution is -0.130. The van der Waals surface area contributed by atoms with Crippen LogP contribution in [0.3, 0.4) is 0 Å². The average molecular weight is 382 g/mol. The molecule has 1 aliphatic heterocycles. The largest absolute Gasteiger partial charge is 0.328 e. The van der Waals surface area contributed by atoms with Crippen molar-refractivity contribution in [3.63, 3.8) is 0 Å². The second-order valence-electron chi connectivity index (χ2n) is 6.96. The van der Waals surface area contributed by atoms with E-state index in [0.29, 0.717) is 19.0 Å². The number of piperidine rings is 1. The summed E-state index contributed by atoms with van der Waals surface area (Å²) >= 11 is 0. The summed E-state index contributed by atoms with van der Waals surface area (Å²) in [7, 11) is 0. The first-order valence-electron chi connectivity index (χ1n) is 9.47. The highest BCUT2D eigenvalue weighted by atomic mass is 16.5. The highest BCUT2D eigenvalue weighted by molar-refractivity contribution is 5.86. The first-order chi connectivity index (χ1) is 13.6. The number of benzene rings is 2. The second kappa shape index (κ2) is 9.34. The van der Waals surface area contributed by atoms with E-state index in [1.54, 1.807) is 4.90 Å². The van der Waals surface area contributed by atoms with Gasteiger partial charge in [0.1, 0.15) is 6.04 Å². The molecule has 28 heavy (non-hydrogen) atoms. The molecule has 0 saturated carbocycles. The number of hydrogen-bond donors (Lipinski definition) is 4. The fourth-order valence-electron chi connectivity index (χ4n) is 3.54. The fourth-order valence-corrected chi connectivity index (χ4v) is 3.54. The molecule has 2 aromatic rings. The van der Waals surface area contributed by atoms with E-state index in [1.165, 1.54) is 22.2 Å². The SMILES string of the molecule is NC[C@H](NC(=O)N1CCC(c2ccc(-c3ccccc3)cc2)CC1)C(=O)NO. The monoisotopic (exact) mass is 382 g/mol. The van der Waals surface area contributed by atoms with Gasteiger partial charge in [0, 0.05) is 19.6 Å². The predicted octanol–water partition coefficient (Wildman–Crippen LogP) is 2.08. The number of nitrogens with one attached hydrogen (secondary N) is 2. The van der Waals surface area contributed by atoms with Crippen LogP contribution in [-0.2, 0) is 4.79 Å². The molecule has 1 aliphatic rings. The van der Waals surface area contributed by atoms with Gasteiger partial charge in [-0.1, -0.05) is 54.6 Å². The van der Waals surface area contributed by atoms with Crippen LogP contribution in [0, 0.1) is 0 Å². The fraction of sp³-hybridized carbons (Fsp3) is 0.333. The summed E-state index contributed by atoms with van der Waals surface area (Å²) in [5, 5.41) is 11.2. The Morgan fingerprint density at radius 2 is 1.64 bits per heavy atom. The standard InChI is InChI=1S/C21H26N4O3/c22-14-19(20(26)24-28)23-21(27)25-12-10-18(11-13-25)17-8-6-16(7-9-17)15-4-2-1-3-5-15/h1-9,18-19,28H,10-14,22H2,(H,23,27)(H,24,26)/t19-/m0/s1. The minimum atomic E-state index is -0.944. The van der Waals surface area contributed by atoms with E-state index in [4.69, 9.17) is 10.9 Å². The van der Waals surface area contributed by atoms with Gasteiger partial charge in [-0.2, -0.15) is 0 Å². The van der Waals surface area contributed by atoms with Crippen molar-refractivity contribution < 1.29 is 14.8 Å². The normalized spacial score (nSPS) is 15.7. The number of hydrogen-bond acceptors (Lipinski definition) is 4. The van der Waals surface area contributed by atoms with Crippen LogP contribution in [0.25, 0.3) is 11.1 Å². The van der Waals surface area contributed by atoms with Crippen LogP contribution in [0.5, 0.6) is 0 Å². The third-order valence-electron chi connectivity index (χ3n) is 5.23. The molecule has 2 aromatic carbocycles. The van der Waals surface area contributed by atoms with E-state index >= 15 is 0 Å². The van der Waals surface area contributed by atoms with Crippen molar-refractivity contribution in [2.75, 3.05) is 19.6 Å². The molecule has 1 atom stereocenters. The van der Waals surface area contributed by atoms with Gasteiger partial charge in [-0.25, -0.2) is 10.3 Å². The molecule has 0 unspecified atom stereocenters. The highest BCUT2D eigenvalue weighted by Crippen LogP contribution is 2.30. The van der Waals surface area contributed by atoms with E-state index in [-0.39, 0.29) is 12.6 Å². The molecule has 0 bridgehead atoms. The number of nitrogens with two attached hydrogens (primary N) is 1. The van der Waals surface area contributed by atoms with Crippen molar-refractivity contribution in [1.82, 2.24) is 15.7 Å². The van der Waals surface area contributed by atoms with Gasteiger partial charge in [0.05, 0.1) is 0 Å². The van der Waals surface area contributed by atoms with Crippen LogP contribution in [0.15, 0.2) is 54.6 Å². The van der Waals surface area contributed by atoms with Crippen LogP contribution in [-0.4, -0.2) is 47.7 Å². The van der Waals surface area contributed by atoms with E-state index in [1.807, 2.05) is 18.2 Å². The molecule has 1 fully saturated rings. The van der Waals surface area contributed by atoms with Crippen molar-refractivity contribution in [1.29, 1.82) is 0 Å². The molecule has 3 amide bonds. The summed E-state index contributed by atoms with van der Waals surface area (Å²) < 4.78 is 0. The smallest absolute Gasteiger partial charge is 0.318 e. The number of nitrogens with zero attached hydrogens (tertiary/aromatic N) is 1. The Hall–Kier alpha value is -2.90. The summed E-state index contributed by atoms with van der Waals surface area (Å²) in [6.07, 6.45) is 1.72. The lowest BCUT2D eigenvalue weighted by Crippen LogP contribution is -2.54. The number of amides is 3. The summed E-state index contributed by atoms with van der Waals surface area (Å²) in [6, 6.07) is 17.6. The third kappa shape index (κ3) is 4.68. The first-order valence-corrected chi connectivity index (χ1v) is 9.47. The summed E-state index contributed by atoms with van der Waals surface area (Å²) in [4.78, 5) is 25.5. The van der Waals surface area contributed by atoms with Gasteiger partial charge in [0.25, 0.3) is 5.91 Å². The van der Waals surface area contributed by atoms with E-state index in [2.05, 4.69) is 41.7 Å². The van der Waals surface area contributed by atoms with Gasteiger partial charge in [0.15, 0.2) is 0 Å². The third-order valence-corrected chi connectivity index (χ3v) is 5.23. The predicted molar refractivity (Wildman–Crippen MR) is 107 cm³/mol. The summed E-state index contributed by atoms with van der Waals surface area (Å²) in [5.41, 5.74) is 10.7. The van der Waals surface area contributed by atoms with Gasteiger partial charge >= 0.3 is 6.03 Å². The maximum Gasteiger partial charge on any atom is 0.318 e. The van der Waals surface area contributed by atoms with Crippen molar-refractivity contribution in [3.8, 4) is 11.1 Å². The first kappa shape index (κ1) is 19.9. The van der Waals surface area contributed by atoms with Crippen molar-refractivity contribution >= 4 is 11.9 Å². The molecule has 7 heteroatoms. The molecule has 7 nitrogen and oxygen atoms in total. The van der Waals surface area contributed by atoms with E-state index < -0.39 is 11.9 Å². The molecular formula is C21H26N4O3. The van der Waals surface area contributed by atoms with Crippen LogP contribution < -0.4 is 16.5 Å². The minimum absolute atomic E-state index is 0.0810. The second-order valence-corrected chi connectivity index (χ2v) is 6.96. The Labute approximate surface area is 164 Å². The molecule has 0 aromatic heterocycles. The Balaban J connectivity index is 1.55. The van der Waals surface area contributed by atoms with Crippen molar-refractivity contribution in [3.05, 3.63) is 60.2 Å². The zero-order valence-electron chi connectivity index (χ0n) is 15.7. The Morgan fingerprint density at radius 1 is 1.04 bits per heavy atom. The van der Waals surface area contributed by atoms with Crippen LogP contribution in [0.2, 0.25) is 0 Å². The van der Waals surface area contributed by atoms with Gasteiger partial charge in [-0.05, 0) is 35.4 Å². The van der Waals surface area contributed by atoms with Gasteiger partial charge < -0.3 is 16.0 Å². The maximum absolute atomic E-state index is 12.3. The number of hydroxylamine groups is 1. The zero-order chi connectivity index (χ0) is 19.9. The summed E-state index contributed by atoms with van der Waals surface area (Å²) in [6.45, 7) is 1.13. The maximum atomic E-state index is 12.3. The average Bonchev–Trinajstić information content (AvgIpc) is 2.77. The van der Waals surface area contributed by atoms with Crippen LogP contribution in [0.4, 0.5) is 4.79 Å². The number of carbonyl (C=O) groups excluding carboxylic acids is 2. The number of urea groups is 1. The number of carbonyl (C=O) groups is 2. The number of likely N-dealkylation sites (tertiary alicyclic amines) is 1. The molecule has 5 N–H and O–H groups in total. The van der Waals surface area contributed by atoms with Crippen LogP contribution in [0.1, 0.15) is 24.3 Å². The van der Waals surface area contributed by atoms with Crippen molar-refractivity contribution in [2.45, 2.75) is 24.8 Å². The van der Waals surface area contributed by atoms with Gasteiger partial charge in [-0.15, -0.1) is 0 Å². The van der Waals surface area contributed by atoms with E-state index in [0.717, 1.165) is 12.8 Å². The Kier molecular flexibility index (Phi) is 6.62. The molecule has 0 radical (unpaired) electrons. The molecule has 1 saturated heterocycles. The molecule has 148 valence electrons. The van der Waals surface area contributed by atoms with Crippen LogP contribution >= 0.6 is 0 Å². The molecule has 3 rings (SSSR count). The Bertz CT molecular complexity index is 787. The topological polar surface area (TPSA) is 108 Å². The highest BCUT2D eigenvalue weighted by Gasteiger charge is 2.26. The molecule has 0 spiro atoms. The molecule has 0 aliphatic carbocycles. The lowest BCUT2D eigenvalue weighted by atomic mass is 9.88. The quantitative estimate of drug-likeness (QED) is 0.469. The molecular weight excluding hydrogens is 356 g/mol. The number of rotatable bonds is 5. The minimum Gasteiger partial charge on any atom is -0.328 e. The van der Waals surface area contributed by atoms with Crippen molar-refractivity contribution in [2.24, 2.45) is 5.73 Å². The van der Waals surface area contributed by atoms with Gasteiger partial charge in [-0.3, -0.25) is 10.0 Å². The Morgan fingerprint density at radius 3 is 2.21 bits per heavy atom. The zero-order valence-corrected chi connectivity index (χ0v) is 15.7. The molecule has 1 heterocycles. The lowest BCUT2D eigenvalue weighted by Gasteiger charge is -2.33. The summed E-state index contributed by atoms with van der Waals surface area (Å²) in [5.74, 6) is -0.316. The van der Waals surface area contributed by atoms with E-state index in [9.17, 15) is 9.59 Å². The van der Waals surface area contributed by atoms with Gasteiger partial charge in [0.2, 0.25) is 0 Å².